The first-order valence-electron chi connectivity index (χ1n) is 31.6. The van der Waals surface area contributed by atoms with Crippen LogP contribution in [0.3, 0.4) is 0 Å². The fourth-order valence-electron chi connectivity index (χ4n) is 10.4. The van der Waals surface area contributed by atoms with E-state index in [1.165, 1.54) is 54.1 Å². The van der Waals surface area contributed by atoms with E-state index in [4.69, 9.17) is 9.98 Å². The van der Waals surface area contributed by atoms with Crippen LogP contribution in [0.15, 0.2) is 325 Å². The van der Waals surface area contributed by atoms with Crippen LogP contribution < -0.4 is 31.8 Å². The maximum absolute atomic E-state index is 11.4. The van der Waals surface area contributed by atoms with Gasteiger partial charge in [-0.15, -0.1) is 0 Å². The first kappa shape index (κ1) is 74.5. The second-order valence-electron chi connectivity index (χ2n) is 23.0. The van der Waals surface area contributed by atoms with Gasteiger partial charge in [-0.25, -0.2) is 0 Å². The molecule has 0 bridgehead atoms. The van der Waals surface area contributed by atoms with Gasteiger partial charge in [0, 0.05) is 67.7 Å². The van der Waals surface area contributed by atoms with Crippen LogP contribution in [0, 0.1) is 12.1 Å². The summed E-state index contributed by atoms with van der Waals surface area (Å²) in [4.78, 5) is 9.79. The van der Waals surface area contributed by atoms with Crippen molar-refractivity contribution in [1.29, 1.82) is 0 Å². The van der Waals surface area contributed by atoms with Gasteiger partial charge in [-0.3, -0.25) is 9.98 Å². The molecule has 0 aliphatic carbocycles. The Kier molecular flexibility index (Phi) is 31.6. The van der Waals surface area contributed by atoms with Crippen molar-refractivity contribution in [2.45, 2.75) is 79.1 Å². The summed E-state index contributed by atoms with van der Waals surface area (Å²) in [6.45, 7) is 17.3. The Bertz CT molecular complexity index is 3560. The molecular weight excluding hydrogens is 1270 g/mol. The third-order valence-corrected chi connectivity index (χ3v) is 20.0. The number of phenols is 2. The molecule has 4 nitrogen and oxygen atoms in total. The van der Waals surface area contributed by atoms with Crippen LogP contribution in [0.4, 0.5) is 11.4 Å². The Balaban J connectivity index is 0.000000221. The van der Waals surface area contributed by atoms with Crippen LogP contribution in [0.5, 0.6) is 11.5 Å². The predicted octanol–water partition coefficient (Wildman–Crippen LogP) is 20.6. The molecule has 12 rings (SSSR count). The van der Waals surface area contributed by atoms with E-state index in [1.807, 2.05) is 97.1 Å². The van der Waals surface area contributed by atoms with Crippen molar-refractivity contribution in [3.8, 4) is 22.6 Å². The van der Waals surface area contributed by atoms with Gasteiger partial charge in [-0.05, 0) is 106 Å². The number of benzene rings is 12. The van der Waals surface area contributed by atoms with Gasteiger partial charge in [0.1, 0.15) is 11.5 Å². The zero-order valence-electron chi connectivity index (χ0n) is 54.8. The van der Waals surface area contributed by atoms with E-state index in [-0.39, 0.29) is 44.5 Å². The zero-order chi connectivity index (χ0) is 64.9. The van der Waals surface area contributed by atoms with Crippen molar-refractivity contribution in [3.63, 3.8) is 0 Å². The minimum absolute atomic E-state index is 0. The summed E-state index contributed by atoms with van der Waals surface area (Å²) < 4.78 is 0. The van der Waals surface area contributed by atoms with E-state index in [1.54, 1.807) is 12.4 Å². The molecule has 0 radical (unpaired) electrons. The molecule has 482 valence electrons. The van der Waals surface area contributed by atoms with Gasteiger partial charge in [0.15, 0.2) is 0 Å². The molecule has 94 heavy (non-hydrogen) atoms. The second-order valence-corrected chi connectivity index (χ2v) is 27.5. The standard InChI is InChI=1S/C38H44N2O2.2C18H15P.2C6H5.2Ni/c1-23(2)29-15-11-16-30(24(3)4)35(29)39-21-27-13-9-19-33(37(27)41)34-20-10-14-28(38(34)42)22-40-36-31(25(5)6)17-12-18-32(36)26(7)8;2*1-4-10-16(11-5-1)19(17-12-6-2-7-13-17)18-14-8-3-9-15-18;2*1-2-4-6-5-3-1;;/h9-26,41-42H,1-8H3;2*1-15H;2*1-5H;;/q;;;2*-1;;. The van der Waals surface area contributed by atoms with Crippen molar-refractivity contribution >= 4 is 71.5 Å². The molecule has 0 saturated carbocycles. The van der Waals surface area contributed by atoms with E-state index in [2.05, 4.69) is 286 Å². The Hall–Kier alpha value is -8.57. The minimum atomic E-state index is -0.446. The molecule has 0 amide bonds. The molecule has 0 fully saturated rings. The summed E-state index contributed by atoms with van der Waals surface area (Å²) >= 11 is 0. The summed E-state index contributed by atoms with van der Waals surface area (Å²) in [7, 11) is -0.892. The van der Waals surface area contributed by atoms with Crippen LogP contribution in [-0.4, -0.2) is 22.6 Å². The van der Waals surface area contributed by atoms with Gasteiger partial charge in [0.25, 0.3) is 0 Å². The zero-order valence-corrected chi connectivity index (χ0v) is 58.6. The summed E-state index contributed by atoms with van der Waals surface area (Å²) in [5.74, 6) is 1.43. The normalized spacial score (nSPS) is 10.7. The molecule has 8 heteroatoms. The van der Waals surface area contributed by atoms with Crippen LogP contribution in [0.25, 0.3) is 11.1 Å². The fraction of sp³-hybridized carbons (Fsp3) is 0.140. The van der Waals surface area contributed by atoms with Crippen molar-refractivity contribution in [3.05, 3.63) is 361 Å². The number of para-hydroxylation sites is 4. The van der Waals surface area contributed by atoms with Crippen LogP contribution >= 0.6 is 15.8 Å². The average Bonchev–Trinajstić information content (AvgIpc) is 0.919. The van der Waals surface area contributed by atoms with E-state index < -0.39 is 15.8 Å². The molecule has 0 spiro atoms. The van der Waals surface area contributed by atoms with Gasteiger partial charge in [-0.1, -0.05) is 298 Å². The van der Waals surface area contributed by atoms with Gasteiger partial charge >= 0.3 is 0 Å². The fourth-order valence-corrected chi connectivity index (χ4v) is 15.0. The van der Waals surface area contributed by atoms with Crippen LogP contribution in [0.1, 0.15) is 112 Å². The number of phenolic OH excluding ortho intramolecular Hbond substituents is 2. The number of nitrogens with zero attached hydrogens (tertiary/aromatic N) is 2. The molecule has 12 aromatic rings. The largest absolute Gasteiger partial charge is 0.507 e. The topological polar surface area (TPSA) is 65.2 Å². The SMILES string of the molecule is CC(C)c1cccc(C(C)C)c1N=Cc1cccc(-c2cccc(C=Nc3c(C(C)C)cccc3C(C)C)c2O)c1O.[Ni].[Ni].[c-]1ccccc1.[c-]1ccccc1.c1ccc(P(c2ccccc2)c2ccccc2)cc1.c1ccc(P(c2ccccc2)c2ccccc2)cc1. The monoisotopic (exact) mass is 1350 g/mol. The minimum Gasteiger partial charge on any atom is -0.507 e. The molecule has 2 N–H and O–H groups in total. The van der Waals surface area contributed by atoms with Crippen molar-refractivity contribution in [2.24, 2.45) is 9.98 Å². The first-order valence-corrected chi connectivity index (χ1v) is 34.3. The third-order valence-electron chi connectivity index (χ3n) is 15.1. The molecule has 0 heterocycles. The maximum atomic E-state index is 11.4. The Labute approximate surface area is 583 Å². The van der Waals surface area contributed by atoms with Gasteiger partial charge in [0.05, 0.1) is 11.4 Å². The Morgan fingerprint density at radius 2 is 0.489 bits per heavy atom. The van der Waals surface area contributed by atoms with Gasteiger partial charge in [-0.2, -0.15) is 72.8 Å². The van der Waals surface area contributed by atoms with Crippen LogP contribution in [0.2, 0.25) is 0 Å². The second kappa shape index (κ2) is 39.9. The number of hydrogen-bond donors (Lipinski definition) is 2. The number of aromatic hydroxyl groups is 2. The molecule has 0 saturated heterocycles. The molecule has 0 aliphatic rings. The van der Waals surface area contributed by atoms with E-state index in [0.29, 0.717) is 45.9 Å². The molecule has 12 aromatic carbocycles. The molecular formula is C86H84N2Ni2O2P2-2. The molecule has 0 unspecified atom stereocenters. The number of aliphatic imine (C=N–C) groups is 2. The Morgan fingerprint density at radius 1 is 0.277 bits per heavy atom. The number of hydrogen-bond acceptors (Lipinski definition) is 4. The average molecular weight is 1360 g/mol. The van der Waals surface area contributed by atoms with Crippen molar-refractivity contribution < 1.29 is 43.2 Å². The summed E-state index contributed by atoms with van der Waals surface area (Å²) in [5.41, 5.74) is 8.88. The quantitative estimate of drug-likeness (QED) is 0.0465. The van der Waals surface area contributed by atoms with Gasteiger partial charge in [0.2, 0.25) is 0 Å². The smallest absolute Gasteiger partial charge is 0.132 e. The summed E-state index contributed by atoms with van der Waals surface area (Å²) in [6.07, 6.45) is 3.45. The summed E-state index contributed by atoms with van der Waals surface area (Å²) in [6, 6.07) is 113. The number of rotatable bonds is 15. The van der Waals surface area contributed by atoms with E-state index in [9.17, 15) is 10.2 Å². The maximum Gasteiger partial charge on any atom is 0.132 e. The Morgan fingerprint density at radius 3 is 0.681 bits per heavy atom. The summed E-state index contributed by atoms with van der Waals surface area (Å²) in [5, 5.41) is 31.1. The first-order chi connectivity index (χ1) is 44.9. The van der Waals surface area contributed by atoms with E-state index >= 15 is 0 Å². The van der Waals surface area contributed by atoms with E-state index in [0.717, 1.165) is 11.4 Å². The molecule has 0 aliphatic heterocycles. The third kappa shape index (κ3) is 21.8. The van der Waals surface area contributed by atoms with Crippen LogP contribution in [-0.2, 0) is 33.0 Å². The molecule has 0 atom stereocenters. The molecule has 0 aromatic heterocycles. The van der Waals surface area contributed by atoms with Gasteiger partial charge < -0.3 is 10.2 Å². The van der Waals surface area contributed by atoms with Crippen molar-refractivity contribution in [1.82, 2.24) is 0 Å². The predicted molar refractivity (Wildman–Crippen MR) is 400 cm³/mol. The van der Waals surface area contributed by atoms with Crippen molar-refractivity contribution in [2.75, 3.05) is 0 Å².